The highest BCUT2D eigenvalue weighted by Gasteiger charge is 2.41. The third-order valence-corrected chi connectivity index (χ3v) is 7.28. The number of halogens is 2. The Labute approximate surface area is 205 Å². The van der Waals surface area contributed by atoms with E-state index in [4.69, 9.17) is 27.9 Å². The topological polar surface area (TPSA) is 49.9 Å². The predicted octanol–water partition coefficient (Wildman–Crippen LogP) is 5.70. The summed E-state index contributed by atoms with van der Waals surface area (Å²) in [5, 5.41) is 0.683. The molecule has 2 aliphatic heterocycles. The number of piperidine rings is 2. The third-order valence-electron chi connectivity index (χ3n) is 6.65. The molecule has 33 heavy (non-hydrogen) atoms. The van der Waals surface area contributed by atoms with Crippen molar-refractivity contribution in [1.82, 2.24) is 9.80 Å². The van der Waals surface area contributed by atoms with Crippen LogP contribution < -0.4 is 4.74 Å². The van der Waals surface area contributed by atoms with Crippen LogP contribution in [0.3, 0.4) is 0 Å². The van der Waals surface area contributed by atoms with Gasteiger partial charge in [0.1, 0.15) is 5.75 Å². The van der Waals surface area contributed by atoms with Gasteiger partial charge in [-0.1, -0.05) is 47.5 Å². The summed E-state index contributed by atoms with van der Waals surface area (Å²) in [7, 11) is 0. The summed E-state index contributed by atoms with van der Waals surface area (Å²) in [4.78, 5) is 30.4. The van der Waals surface area contributed by atoms with Gasteiger partial charge < -0.3 is 14.5 Å². The zero-order valence-corrected chi connectivity index (χ0v) is 20.3. The zero-order valence-electron chi connectivity index (χ0n) is 18.8. The quantitative estimate of drug-likeness (QED) is 0.523. The lowest BCUT2D eigenvalue weighted by atomic mass is 9.77. The average molecular weight is 489 g/mol. The number of benzene rings is 2. The summed E-state index contributed by atoms with van der Waals surface area (Å²) >= 11 is 12.6. The zero-order chi connectivity index (χ0) is 23.3. The molecule has 0 bridgehead atoms. The van der Waals surface area contributed by atoms with Crippen LogP contribution in [0.2, 0.25) is 10.0 Å². The molecule has 5 nitrogen and oxygen atoms in total. The van der Waals surface area contributed by atoms with E-state index in [0.717, 1.165) is 44.5 Å². The van der Waals surface area contributed by atoms with Crippen LogP contribution >= 0.6 is 23.2 Å². The number of carbonyl (C=O) groups excluding carboxylic acids is 2. The van der Waals surface area contributed by atoms with Gasteiger partial charge in [0.15, 0.2) is 0 Å². The molecule has 0 aromatic heterocycles. The van der Waals surface area contributed by atoms with Crippen LogP contribution in [0, 0.1) is 5.41 Å². The van der Waals surface area contributed by atoms with Crippen molar-refractivity contribution in [3.05, 3.63) is 64.1 Å². The SMILES string of the molecule is O=C(C[C@@]1(COc2ccccc2)CCCN(C(=O)c2c(Cl)cccc2Cl)C1)N1CCCCC1. The molecule has 0 unspecified atom stereocenters. The first kappa shape index (κ1) is 23.9. The summed E-state index contributed by atoms with van der Waals surface area (Å²) in [6, 6.07) is 14.7. The number of hydrogen-bond acceptors (Lipinski definition) is 3. The highest BCUT2D eigenvalue weighted by atomic mass is 35.5. The normalized spacial score (nSPS) is 21.0. The first-order chi connectivity index (χ1) is 16.0. The molecular formula is C26H30Cl2N2O3. The Morgan fingerprint density at radius 3 is 2.21 bits per heavy atom. The van der Waals surface area contributed by atoms with Crippen LogP contribution in [0.1, 0.15) is 48.9 Å². The second-order valence-electron chi connectivity index (χ2n) is 9.15. The lowest BCUT2D eigenvalue weighted by Gasteiger charge is -2.43. The Balaban J connectivity index is 1.56. The monoisotopic (exact) mass is 488 g/mol. The summed E-state index contributed by atoms with van der Waals surface area (Å²) in [6.45, 7) is 3.03. The van der Waals surface area contributed by atoms with Gasteiger partial charge in [0.2, 0.25) is 5.91 Å². The number of carbonyl (C=O) groups is 2. The molecule has 0 N–H and O–H groups in total. The number of para-hydroxylation sites is 1. The third kappa shape index (κ3) is 5.82. The maximum atomic E-state index is 13.4. The van der Waals surface area contributed by atoms with Crippen LogP contribution in [-0.4, -0.2) is 54.4 Å². The summed E-state index contributed by atoms with van der Waals surface area (Å²) in [5.74, 6) is 0.719. The molecule has 0 aliphatic carbocycles. The molecule has 2 amide bonds. The number of likely N-dealkylation sites (tertiary alicyclic amines) is 2. The van der Waals surface area contributed by atoms with Crippen molar-refractivity contribution in [2.75, 3.05) is 32.8 Å². The molecule has 2 saturated heterocycles. The van der Waals surface area contributed by atoms with Crippen LogP contribution in [0.4, 0.5) is 0 Å². The van der Waals surface area contributed by atoms with Crippen molar-refractivity contribution in [2.45, 2.75) is 38.5 Å². The van der Waals surface area contributed by atoms with Crippen LogP contribution in [-0.2, 0) is 4.79 Å². The molecule has 2 aromatic rings. The van der Waals surface area contributed by atoms with Gasteiger partial charge in [-0.3, -0.25) is 9.59 Å². The van der Waals surface area contributed by atoms with Gasteiger partial charge in [-0.2, -0.15) is 0 Å². The van der Waals surface area contributed by atoms with E-state index in [1.165, 1.54) is 6.42 Å². The Morgan fingerprint density at radius 2 is 1.52 bits per heavy atom. The second-order valence-corrected chi connectivity index (χ2v) is 9.96. The molecule has 2 heterocycles. The fourth-order valence-corrected chi connectivity index (χ4v) is 5.44. The van der Waals surface area contributed by atoms with Gasteiger partial charge in [0, 0.05) is 38.0 Å². The van der Waals surface area contributed by atoms with Gasteiger partial charge in [-0.15, -0.1) is 0 Å². The van der Waals surface area contributed by atoms with Gasteiger partial charge in [-0.05, 0) is 56.4 Å². The fraction of sp³-hybridized carbons (Fsp3) is 0.462. The van der Waals surface area contributed by atoms with E-state index in [2.05, 4.69) is 0 Å². The van der Waals surface area contributed by atoms with Crippen molar-refractivity contribution in [3.8, 4) is 5.75 Å². The molecule has 7 heteroatoms. The first-order valence-electron chi connectivity index (χ1n) is 11.7. The lowest BCUT2D eigenvalue weighted by molar-refractivity contribution is -0.136. The number of ether oxygens (including phenoxy) is 1. The molecular weight excluding hydrogens is 459 g/mol. The molecule has 2 fully saturated rings. The van der Waals surface area contributed by atoms with E-state index < -0.39 is 5.41 Å². The lowest BCUT2D eigenvalue weighted by Crippen LogP contribution is -2.51. The molecule has 0 radical (unpaired) electrons. The first-order valence-corrected chi connectivity index (χ1v) is 12.4. The van der Waals surface area contributed by atoms with E-state index >= 15 is 0 Å². The van der Waals surface area contributed by atoms with Gasteiger partial charge >= 0.3 is 0 Å². The van der Waals surface area contributed by atoms with Crippen molar-refractivity contribution < 1.29 is 14.3 Å². The minimum absolute atomic E-state index is 0.149. The number of amides is 2. The van der Waals surface area contributed by atoms with Crippen molar-refractivity contribution in [3.63, 3.8) is 0 Å². The van der Waals surface area contributed by atoms with Crippen molar-refractivity contribution in [1.29, 1.82) is 0 Å². The fourth-order valence-electron chi connectivity index (χ4n) is 4.88. The largest absolute Gasteiger partial charge is 0.493 e. The maximum Gasteiger partial charge on any atom is 0.256 e. The van der Waals surface area contributed by atoms with Crippen LogP contribution in [0.5, 0.6) is 5.75 Å². The number of hydrogen-bond donors (Lipinski definition) is 0. The molecule has 0 spiro atoms. The minimum atomic E-state index is -0.466. The summed E-state index contributed by atoms with van der Waals surface area (Å²) in [6.07, 6.45) is 5.25. The molecule has 4 rings (SSSR count). The summed E-state index contributed by atoms with van der Waals surface area (Å²) in [5.41, 5.74) is -0.144. The Morgan fingerprint density at radius 1 is 0.848 bits per heavy atom. The Hall–Kier alpha value is -2.24. The minimum Gasteiger partial charge on any atom is -0.493 e. The average Bonchev–Trinajstić information content (AvgIpc) is 2.84. The molecule has 1 atom stereocenters. The van der Waals surface area contributed by atoms with Crippen molar-refractivity contribution in [2.24, 2.45) is 5.41 Å². The molecule has 0 saturated carbocycles. The van der Waals surface area contributed by atoms with Gasteiger partial charge in [-0.25, -0.2) is 0 Å². The van der Waals surface area contributed by atoms with Crippen LogP contribution in [0.25, 0.3) is 0 Å². The molecule has 2 aromatic carbocycles. The highest BCUT2D eigenvalue weighted by molar-refractivity contribution is 6.39. The molecule has 176 valence electrons. The standard InChI is InChI=1S/C26H30Cl2N2O3/c27-21-11-7-12-22(28)24(21)25(32)30-16-8-13-26(18-30,19-33-20-9-3-1-4-10-20)17-23(31)29-14-5-2-6-15-29/h1,3-4,7,9-12H,2,5-6,8,13-19H2/t26-/m0/s1. The van der Waals surface area contributed by atoms with E-state index in [1.807, 2.05) is 35.2 Å². The highest BCUT2D eigenvalue weighted by Crippen LogP contribution is 2.37. The molecule has 2 aliphatic rings. The summed E-state index contributed by atoms with van der Waals surface area (Å²) < 4.78 is 6.16. The van der Waals surface area contributed by atoms with E-state index in [0.29, 0.717) is 41.7 Å². The smallest absolute Gasteiger partial charge is 0.256 e. The Bertz CT molecular complexity index is 959. The van der Waals surface area contributed by atoms with Gasteiger partial charge in [0.25, 0.3) is 5.91 Å². The number of rotatable bonds is 6. The van der Waals surface area contributed by atoms with E-state index in [1.54, 1.807) is 23.1 Å². The van der Waals surface area contributed by atoms with Gasteiger partial charge in [0.05, 0.1) is 22.2 Å². The Kier molecular flexibility index (Phi) is 7.82. The van der Waals surface area contributed by atoms with Crippen LogP contribution in [0.15, 0.2) is 48.5 Å². The number of nitrogens with zero attached hydrogens (tertiary/aromatic N) is 2. The predicted molar refractivity (Wildman–Crippen MR) is 131 cm³/mol. The van der Waals surface area contributed by atoms with E-state index in [-0.39, 0.29) is 11.8 Å². The van der Waals surface area contributed by atoms with Crippen molar-refractivity contribution >= 4 is 35.0 Å². The maximum absolute atomic E-state index is 13.4. The second kappa shape index (κ2) is 10.8. The van der Waals surface area contributed by atoms with E-state index in [9.17, 15) is 9.59 Å².